The zero-order chi connectivity index (χ0) is 18.5. The Balaban J connectivity index is 1.60. The van der Waals surface area contributed by atoms with Crippen molar-refractivity contribution in [2.75, 3.05) is 5.32 Å². The lowest BCUT2D eigenvalue weighted by Gasteiger charge is -2.24. The first kappa shape index (κ1) is 15.2. The topological polar surface area (TPSA) is 47.0 Å². The van der Waals surface area contributed by atoms with Crippen molar-refractivity contribution in [3.8, 4) is 22.6 Å². The van der Waals surface area contributed by atoms with E-state index in [1.165, 1.54) is 0 Å². The molecule has 28 heavy (non-hydrogen) atoms. The Morgan fingerprint density at radius 1 is 0.571 bits per heavy atom. The van der Waals surface area contributed by atoms with Crippen LogP contribution in [0, 0.1) is 0 Å². The summed E-state index contributed by atoms with van der Waals surface area (Å²) in [4.78, 5) is 9.71. The summed E-state index contributed by atoms with van der Waals surface area (Å²) in [5.41, 5.74) is 7.54. The second kappa shape index (κ2) is 5.79. The van der Waals surface area contributed by atoms with Gasteiger partial charge in [0.2, 0.25) is 0 Å². The van der Waals surface area contributed by atoms with E-state index in [9.17, 15) is 0 Å². The summed E-state index contributed by atoms with van der Waals surface area (Å²) >= 11 is 0. The fourth-order valence-corrected chi connectivity index (χ4v) is 3.74. The van der Waals surface area contributed by atoms with Crippen LogP contribution in [0.5, 0.6) is 11.5 Å². The number of para-hydroxylation sites is 6. The molecule has 0 fully saturated rings. The number of aromatic nitrogens is 2. The van der Waals surface area contributed by atoms with Crippen LogP contribution >= 0.6 is 0 Å². The molecule has 2 heterocycles. The van der Waals surface area contributed by atoms with Gasteiger partial charge in [0.1, 0.15) is 0 Å². The Labute approximate surface area is 161 Å². The summed E-state index contributed by atoms with van der Waals surface area (Å²) in [6.45, 7) is 0. The minimum atomic E-state index is 0.807. The van der Waals surface area contributed by atoms with E-state index in [-0.39, 0.29) is 0 Å². The van der Waals surface area contributed by atoms with E-state index in [1.807, 2.05) is 72.8 Å². The van der Waals surface area contributed by atoms with Crippen LogP contribution in [0.1, 0.15) is 0 Å². The standard InChI is InChI=1S/C24H15N3O/c1-2-10-18-17(9-1)25-20-12-5-7-15(23(20)26-18)16-8-6-14-22-24(16)27-19-11-3-4-13-21(19)28-22/h1-14,27H. The van der Waals surface area contributed by atoms with E-state index < -0.39 is 0 Å². The first-order valence-electron chi connectivity index (χ1n) is 9.20. The van der Waals surface area contributed by atoms with Crippen molar-refractivity contribution in [3.63, 3.8) is 0 Å². The molecular weight excluding hydrogens is 346 g/mol. The molecule has 6 rings (SSSR count). The summed E-state index contributed by atoms with van der Waals surface area (Å²) in [5, 5.41) is 3.54. The Morgan fingerprint density at radius 2 is 1.25 bits per heavy atom. The monoisotopic (exact) mass is 361 g/mol. The zero-order valence-electron chi connectivity index (χ0n) is 14.9. The number of nitrogens with zero attached hydrogens (tertiary/aromatic N) is 2. The molecule has 0 radical (unpaired) electrons. The lowest BCUT2D eigenvalue weighted by Crippen LogP contribution is -2.04. The van der Waals surface area contributed by atoms with Crippen LogP contribution in [0.15, 0.2) is 84.9 Å². The van der Waals surface area contributed by atoms with E-state index in [0.717, 1.165) is 56.1 Å². The van der Waals surface area contributed by atoms with Crippen LogP contribution in [0.2, 0.25) is 0 Å². The highest BCUT2D eigenvalue weighted by atomic mass is 16.5. The SMILES string of the molecule is c1ccc2c(c1)Nc1c(cccc1-c1cccc3nc4ccccc4nc13)O2. The fraction of sp³-hybridized carbons (Fsp3) is 0. The van der Waals surface area contributed by atoms with Crippen molar-refractivity contribution >= 4 is 33.4 Å². The molecule has 0 saturated heterocycles. The first-order valence-corrected chi connectivity index (χ1v) is 9.20. The minimum absolute atomic E-state index is 0.807. The van der Waals surface area contributed by atoms with Gasteiger partial charge in [0.25, 0.3) is 0 Å². The predicted octanol–water partition coefficient (Wildman–Crippen LogP) is 6.30. The van der Waals surface area contributed by atoms with Crippen molar-refractivity contribution in [2.45, 2.75) is 0 Å². The lowest BCUT2D eigenvalue weighted by atomic mass is 10.00. The maximum absolute atomic E-state index is 6.12. The van der Waals surface area contributed by atoms with Gasteiger partial charge in [0.15, 0.2) is 11.5 Å². The molecule has 0 atom stereocenters. The highest BCUT2D eigenvalue weighted by Crippen LogP contribution is 2.47. The maximum atomic E-state index is 6.12. The minimum Gasteiger partial charge on any atom is -0.453 e. The largest absolute Gasteiger partial charge is 0.453 e. The van der Waals surface area contributed by atoms with Crippen LogP contribution in [0.3, 0.4) is 0 Å². The van der Waals surface area contributed by atoms with Gasteiger partial charge in [-0.25, -0.2) is 9.97 Å². The normalized spacial score (nSPS) is 12.1. The Kier molecular flexibility index (Phi) is 3.14. The van der Waals surface area contributed by atoms with Crippen molar-refractivity contribution in [1.82, 2.24) is 9.97 Å². The lowest BCUT2D eigenvalue weighted by molar-refractivity contribution is 0.481. The molecular formula is C24H15N3O. The van der Waals surface area contributed by atoms with Crippen LogP contribution < -0.4 is 10.1 Å². The van der Waals surface area contributed by atoms with Gasteiger partial charge >= 0.3 is 0 Å². The average molecular weight is 361 g/mol. The Morgan fingerprint density at radius 3 is 2.18 bits per heavy atom. The molecule has 4 heteroatoms. The number of rotatable bonds is 1. The quantitative estimate of drug-likeness (QED) is 0.349. The molecule has 1 aliphatic rings. The summed E-state index contributed by atoms with van der Waals surface area (Å²) in [5.74, 6) is 1.64. The van der Waals surface area contributed by atoms with Crippen molar-refractivity contribution in [2.24, 2.45) is 0 Å². The molecule has 0 spiro atoms. The number of benzene rings is 4. The highest BCUT2D eigenvalue weighted by Gasteiger charge is 2.21. The number of anilines is 2. The van der Waals surface area contributed by atoms with Gasteiger partial charge in [-0.05, 0) is 36.4 Å². The van der Waals surface area contributed by atoms with Crippen LogP contribution in [-0.4, -0.2) is 9.97 Å². The molecule has 0 unspecified atom stereocenters. The van der Waals surface area contributed by atoms with Gasteiger partial charge < -0.3 is 10.1 Å². The Bertz CT molecular complexity index is 1380. The number of hydrogen-bond donors (Lipinski definition) is 1. The molecule has 0 aliphatic carbocycles. The van der Waals surface area contributed by atoms with E-state index in [2.05, 4.69) is 17.4 Å². The van der Waals surface area contributed by atoms with Crippen LogP contribution in [0.25, 0.3) is 33.2 Å². The van der Waals surface area contributed by atoms with E-state index >= 15 is 0 Å². The summed E-state index contributed by atoms with van der Waals surface area (Å²) in [6, 6.07) is 28.1. The fourth-order valence-electron chi connectivity index (χ4n) is 3.74. The highest BCUT2D eigenvalue weighted by molar-refractivity contribution is 6.00. The van der Waals surface area contributed by atoms with Gasteiger partial charge in [-0.1, -0.05) is 48.5 Å². The molecule has 1 aliphatic heterocycles. The van der Waals surface area contributed by atoms with Crippen LogP contribution in [0.4, 0.5) is 11.4 Å². The predicted molar refractivity (Wildman–Crippen MR) is 112 cm³/mol. The first-order chi connectivity index (χ1) is 13.9. The van der Waals surface area contributed by atoms with Gasteiger partial charge in [0, 0.05) is 11.1 Å². The third kappa shape index (κ3) is 2.25. The molecule has 1 N–H and O–H groups in total. The molecule has 132 valence electrons. The molecule has 0 bridgehead atoms. The summed E-state index contributed by atoms with van der Waals surface area (Å²) in [7, 11) is 0. The number of nitrogens with one attached hydrogen (secondary N) is 1. The Hall–Kier alpha value is -3.92. The molecule has 4 aromatic carbocycles. The zero-order valence-corrected chi connectivity index (χ0v) is 14.9. The third-order valence-corrected chi connectivity index (χ3v) is 5.05. The maximum Gasteiger partial charge on any atom is 0.151 e. The van der Waals surface area contributed by atoms with Crippen LogP contribution in [-0.2, 0) is 0 Å². The third-order valence-electron chi connectivity index (χ3n) is 5.05. The van der Waals surface area contributed by atoms with Gasteiger partial charge in [0.05, 0.1) is 33.4 Å². The van der Waals surface area contributed by atoms with Gasteiger partial charge in [-0.2, -0.15) is 0 Å². The molecule has 0 amide bonds. The van der Waals surface area contributed by atoms with E-state index in [4.69, 9.17) is 14.7 Å². The average Bonchev–Trinajstić information content (AvgIpc) is 2.75. The van der Waals surface area contributed by atoms with Crippen molar-refractivity contribution in [1.29, 1.82) is 0 Å². The summed E-state index contributed by atoms with van der Waals surface area (Å²) in [6.07, 6.45) is 0. The summed E-state index contributed by atoms with van der Waals surface area (Å²) < 4.78 is 6.12. The molecule has 0 saturated carbocycles. The second-order valence-corrected chi connectivity index (χ2v) is 6.79. The van der Waals surface area contributed by atoms with E-state index in [1.54, 1.807) is 0 Å². The van der Waals surface area contributed by atoms with E-state index in [0.29, 0.717) is 0 Å². The smallest absolute Gasteiger partial charge is 0.151 e. The molecule has 4 nitrogen and oxygen atoms in total. The van der Waals surface area contributed by atoms with Gasteiger partial charge in [-0.3, -0.25) is 0 Å². The number of ether oxygens (including phenoxy) is 1. The number of fused-ring (bicyclic) bond motifs is 4. The van der Waals surface area contributed by atoms with Gasteiger partial charge in [-0.15, -0.1) is 0 Å². The number of hydrogen-bond acceptors (Lipinski definition) is 4. The molecule has 5 aromatic rings. The molecule has 1 aromatic heterocycles. The van der Waals surface area contributed by atoms with Crippen molar-refractivity contribution < 1.29 is 4.74 Å². The second-order valence-electron chi connectivity index (χ2n) is 6.79. The van der Waals surface area contributed by atoms with Crippen molar-refractivity contribution in [3.05, 3.63) is 84.9 Å².